The Kier molecular flexibility index (Phi) is 36.1. The Labute approximate surface area is 559 Å². The summed E-state index contributed by atoms with van der Waals surface area (Å²) in [5.41, 5.74) is 2.35. The number of aliphatic carboxylic acids is 1. The van der Waals surface area contributed by atoms with Crippen LogP contribution in [-0.4, -0.2) is 250 Å². The number of aliphatic hydroxyl groups is 1. The normalized spacial score (nSPS) is 16.4. The minimum absolute atomic E-state index is 0.0206. The van der Waals surface area contributed by atoms with E-state index in [1.807, 2.05) is 27.7 Å². The second-order valence-electron chi connectivity index (χ2n) is 28.6. The van der Waals surface area contributed by atoms with Crippen LogP contribution in [0.25, 0.3) is 0 Å². The van der Waals surface area contributed by atoms with Gasteiger partial charge < -0.3 is 66.0 Å². The molecule has 7 N–H and O–H groups in total. The van der Waals surface area contributed by atoms with Gasteiger partial charge in [-0.1, -0.05) is 102 Å². The average Bonchev–Trinajstić information content (AvgIpc) is 0.754. The Morgan fingerprint density at radius 3 is 1.41 bits per heavy atom. The summed E-state index contributed by atoms with van der Waals surface area (Å²) in [4.78, 5) is 180. The van der Waals surface area contributed by atoms with Crippen LogP contribution in [0.5, 0.6) is 0 Å². The van der Waals surface area contributed by atoms with Gasteiger partial charge in [-0.3, -0.25) is 57.2 Å². The molecule has 0 fully saturated rings. The molecule has 540 valence electrons. The summed E-state index contributed by atoms with van der Waals surface area (Å²) < 4.78 is 20.4. The summed E-state index contributed by atoms with van der Waals surface area (Å²) >= 11 is 0. The fraction of sp³-hybridized carbons (Fsp3) is 0.791. The van der Waals surface area contributed by atoms with Crippen molar-refractivity contribution in [3.63, 3.8) is 0 Å². The van der Waals surface area contributed by atoms with Crippen molar-refractivity contribution >= 4 is 71.0 Å². The maximum Gasteiger partial charge on any atom is 0.408 e. The van der Waals surface area contributed by atoms with Crippen LogP contribution in [0.4, 0.5) is 9.18 Å². The van der Waals surface area contributed by atoms with Crippen LogP contribution in [0.3, 0.4) is 0 Å². The molecule has 27 heteroatoms. The van der Waals surface area contributed by atoms with Crippen molar-refractivity contribution in [2.75, 3.05) is 62.6 Å². The van der Waals surface area contributed by atoms with Gasteiger partial charge in [-0.15, -0.1) is 0 Å². The van der Waals surface area contributed by atoms with E-state index in [0.29, 0.717) is 0 Å². The first-order chi connectivity index (χ1) is 43.1. The van der Waals surface area contributed by atoms with E-state index in [1.54, 1.807) is 88.3 Å². The number of carboxylic acids is 1. The highest BCUT2D eigenvalue weighted by molar-refractivity contribution is 6.18. The maximum absolute atomic E-state index is 15.3. The molecule has 0 bridgehead atoms. The predicted octanol–water partition coefficient (Wildman–Crippen LogP) is 4.48. The molecule has 0 aliphatic carbocycles. The van der Waals surface area contributed by atoms with Gasteiger partial charge in [0.15, 0.2) is 5.78 Å². The van der Waals surface area contributed by atoms with Crippen molar-refractivity contribution in [2.45, 2.75) is 242 Å². The SMILES string of the molecule is C/C=C/C[C@@H](C)[C@@H](O)[C@H](NC)C(=O)[C@](C)(C(=O)O)N(C(=O)C(N)CC)C(=O)[C@H](CC(C)C)N(C)C(=O)[C@@H](NC(=O)[C@H](CC(C)C)N(C)C(=O)CN(C)C(=O)[C@H](C(C)C)N(C)C(=O)[C@H](CC(C)C)N(C)C(=O)[C@H](CC(C)C)N(C)C(=O)[C@@H](C)NC(=O)OC(C)(C)C)C(C)CF. The number of amides is 10. The van der Waals surface area contributed by atoms with Gasteiger partial charge in [0.2, 0.25) is 52.8 Å². The highest BCUT2D eigenvalue weighted by Crippen LogP contribution is 2.29. The second-order valence-corrected chi connectivity index (χ2v) is 28.6. The number of likely N-dealkylation sites (N-methyl/N-ethyl adjacent to an activating group) is 7. The molecular formula is C67H120FN11O15. The lowest BCUT2D eigenvalue weighted by Crippen LogP contribution is -2.71. The first-order valence-electron chi connectivity index (χ1n) is 32.9. The number of halogens is 1. The lowest BCUT2D eigenvalue weighted by molar-refractivity contribution is -0.174. The number of nitrogens with two attached hydrogens (primary N) is 1. The summed E-state index contributed by atoms with van der Waals surface area (Å²) in [5, 5.41) is 30.2. The Hall–Kier alpha value is -6.61. The molecule has 2 unspecified atom stereocenters. The lowest BCUT2D eigenvalue weighted by Gasteiger charge is -2.43. The number of ketones is 1. The van der Waals surface area contributed by atoms with Gasteiger partial charge in [0.05, 0.1) is 31.4 Å². The molecule has 0 aromatic rings. The lowest BCUT2D eigenvalue weighted by atomic mass is 9.82. The molecule has 0 aromatic carbocycles. The fourth-order valence-electron chi connectivity index (χ4n) is 11.0. The molecule has 0 rings (SSSR count). The summed E-state index contributed by atoms with van der Waals surface area (Å²) in [6, 6.07) is -12.6. The van der Waals surface area contributed by atoms with Crippen LogP contribution in [0.1, 0.15) is 170 Å². The number of alkyl carbamates (subject to hydrolysis) is 1. The molecule has 0 radical (unpaired) electrons. The molecular weight excluding hydrogens is 1220 g/mol. The monoisotopic (exact) mass is 1340 g/mol. The number of carbonyl (C=O) groups is 12. The number of rotatable bonds is 38. The number of aliphatic hydroxyl groups excluding tert-OH is 1. The third-order valence-corrected chi connectivity index (χ3v) is 16.9. The number of carbonyl (C=O) groups excluding carboxylic acids is 11. The third-order valence-electron chi connectivity index (χ3n) is 16.9. The Morgan fingerprint density at radius 2 is 1.01 bits per heavy atom. The number of imide groups is 1. The minimum Gasteiger partial charge on any atom is -0.479 e. The average molecular weight is 1340 g/mol. The van der Waals surface area contributed by atoms with Crippen molar-refractivity contribution in [1.82, 2.24) is 50.2 Å². The number of nitrogens with zero attached hydrogens (tertiary/aromatic N) is 7. The van der Waals surface area contributed by atoms with Crippen LogP contribution >= 0.6 is 0 Å². The van der Waals surface area contributed by atoms with E-state index in [2.05, 4.69) is 16.0 Å². The molecule has 0 spiro atoms. The molecule has 0 saturated carbocycles. The van der Waals surface area contributed by atoms with Gasteiger partial charge in [0, 0.05) is 48.2 Å². The van der Waals surface area contributed by atoms with Gasteiger partial charge >= 0.3 is 12.1 Å². The van der Waals surface area contributed by atoms with E-state index in [0.717, 1.165) is 28.7 Å². The zero-order chi connectivity index (χ0) is 73.7. The number of hydrogen-bond donors (Lipinski definition) is 6. The quantitative estimate of drug-likeness (QED) is 0.0367. The van der Waals surface area contributed by atoms with E-state index >= 15 is 14.0 Å². The fourth-order valence-corrected chi connectivity index (χ4v) is 11.0. The Morgan fingerprint density at radius 1 is 0.574 bits per heavy atom. The molecule has 0 aliphatic heterocycles. The van der Waals surface area contributed by atoms with Crippen molar-refractivity contribution in [3.8, 4) is 0 Å². The molecule has 94 heavy (non-hydrogen) atoms. The van der Waals surface area contributed by atoms with E-state index in [-0.39, 0.29) is 61.2 Å². The van der Waals surface area contributed by atoms with E-state index in [1.165, 1.54) is 77.8 Å². The number of allylic oxidation sites excluding steroid dienone is 2. The predicted molar refractivity (Wildman–Crippen MR) is 358 cm³/mol. The molecule has 0 heterocycles. The molecule has 0 aromatic heterocycles. The molecule has 10 amide bonds. The second kappa shape index (κ2) is 38.8. The van der Waals surface area contributed by atoms with Gasteiger partial charge in [-0.25, -0.2) is 9.59 Å². The highest BCUT2D eigenvalue weighted by atomic mass is 19.1. The van der Waals surface area contributed by atoms with E-state index < -0.39 is 180 Å². The number of nitrogens with one attached hydrogen (secondary N) is 3. The molecule has 13 atom stereocenters. The standard InChI is InChI=1S/C67H120FN11O15/c1-27-29-30-42(13)54(81)52(70-20)55(82)67(19,64(91)92)79(58(85)45(69)28-2)61(88)49(34-40(9)10)77(25)62(89)51(43(14)35-68)72-56(83)46(31-37(3)4)74(22)50(80)36-73(21)63(90)53(41(11)12)78(26)60(87)48(33-39(7)8)76(24)59(86)47(32-38(5)6)75(23)57(84)44(15)71-65(93)94-66(16,17)18/h27,29,37-49,51-54,70,81H,28,30-36,69H2,1-26H3,(H,71,93)(H,72,83)(H,91,92)/b29-27+/t42-,43?,44-,45?,46+,47+,48+,49+,51+,52+,53+,54-,67-/m1/s1. The van der Waals surface area contributed by atoms with Gasteiger partial charge in [-0.2, -0.15) is 0 Å². The Bertz CT molecular complexity index is 2610. The molecule has 26 nitrogen and oxygen atoms in total. The van der Waals surface area contributed by atoms with Gasteiger partial charge in [0.25, 0.3) is 5.91 Å². The van der Waals surface area contributed by atoms with Crippen LogP contribution in [0.15, 0.2) is 12.2 Å². The molecule has 0 saturated heterocycles. The number of alkyl halides is 1. The third kappa shape index (κ3) is 24.2. The van der Waals surface area contributed by atoms with Crippen LogP contribution in [-0.2, 0) is 57.5 Å². The topological polar surface area (TPSA) is 339 Å². The summed E-state index contributed by atoms with van der Waals surface area (Å²) in [6.07, 6.45) is 1.34. The van der Waals surface area contributed by atoms with Crippen molar-refractivity contribution < 1.29 is 76.9 Å². The minimum atomic E-state index is -3.04. The van der Waals surface area contributed by atoms with Crippen LogP contribution < -0.4 is 21.7 Å². The first-order valence-corrected chi connectivity index (χ1v) is 32.9. The van der Waals surface area contributed by atoms with Crippen LogP contribution in [0.2, 0.25) is 0 Å². The summed E-state index contributed by atoms with van der Waals surface area (Å²) in [7, 11) is 9.45. The van der Waals surface area contributed by atoms with Crippen LogP contribution in [0, 0.1) is 41.4 Å². The number of Topliss-reactive ketones (excluding diaryl/α,β-unsaturated/α-hetero) is 1. The Balaban J connectivity index is 7.44. The summed E-state index contributed by atoms with van der Waals surface area (Å²) in [6.45, 7) is 29.5. The van der Waals surface area contributed by atoms with E-state index in [4.69, 9.17) is 10.5 Å². The maximum atomic E-state index is 15.3. The molecule has 0 aliphatic rings. The van der Waals surface area contributed by atoms with Crippen molar-refractivity contribution in [1.29, 1.82) is 0 Å². The first kappa shape index (κ1) is 87.4. The number of ether oxygens (including phenoxy) is 1. The zero-order valence-corrected chi connectivity index (χ0v) is 61.4. The van der Waals surface area contributed by atoms with E-state index in [9.17, 15) is 58.2 Å². The van der Waals surface area contributed by atoms with Gasteiger partial charge in [-0.05, 0) is 123 Å². The van der Waals surface area contributed by atoms with Crippen molar-refractivity contribution in [2.24, 2.45) is 47.2 Å². The van der Waals surface area contributed by atoms with Crippen molar-refractivity contribution in [3.05, 3.63) is 12.2 Å². The zero-order valence-electron chi connectivity index (χ0n) is 61.4. The smallest absolute Gasteiger partial charge is 0.408 e. The largest absolute Gasteiger partial charge is 0.479 e. The van der Waals surface area contributed by atoms with Gasteiger partial charge in [0.1, 0.15) is 47.9 Å². The summed E-state index contributed by atoms with van der Waals surface area (Å²) in [5.74, 6) is -14.5. The number of carboxylic acid groups (broad SMARTS) is 1. The number of hydrogen-bond acceptors (Lipinski definition) is 16. The highest BCUT2D eigenvalue weighted by Gasteiger charge is 2.57.